The van der Waals surface area contributed by atoms with Crippen molar-refractivity contribution in [3.05, 3.63) is 83.7 Å². The molecule has 2 heterocycles. The molecule has 3 N–H and O–H groups in total. The van der Waals surface area contributed by atoms with Crippen LogP contribution in [0.2, 0.25) is 0 Å². The molecule has 3 amide bonds. The molecule has 0 spiro atoms. The highest BCUT2D eigenvalue weighted by atomic mass is 16.5. The maximum Gasteiger partial charge on any atom is 0.315 e. The molecule has 146 valence electrons. The minimum absolute atomic E-state index is 0.283. The number of anilines is 1. The van der Waals surface area contributed by atoms with Gasteiger partial charge in [-0.3, -0.25) is 15.0 Å². The normalized spacial score (nSPS) is 12.9. The minimum atomic E-state index is -0.565. The summed E-state index contributed by atoms with van der Waals surface area (Å²) in [6.07, 6.45) is 1.97. The van der Waals surface area contributed by atoms with Gasteiger partial charge in [-0.2, -0.15) is 5.06 Å². The maximum atomic E-state index is 12.7. The van der Waals surface area contributed by atoms with Crippen LogP contribution in [-0.2, 0) is 13.0 Å². The number of amides is 3. The van der Waals surface area contributed by atoms with E-state index in [4.69, 9.17) is 5.73 Å². The van der Waals surface area contributed by atoms with Crippen molar-refractivity contribution in [2.45, 2.75) is 13.0 Å². The number of rotatable bonds is 3. The van der Waals surface area contributed by atoms with E-state index in [9.17, 15) is 14.8 Å². The Labute approximate surface area is 168 Å². The molecule has 0 bridgehead atoms. The molecular formula is C22H20N4O3. The van der Waals surface area contributed by atoms with E-state index in [-0.39, 0.29) is 5.56 Å². The number of nitrogens with zero attached hydrogens (tertiary/aromatic N) is 3. The van der Waals surface area contributed by atoms with Crippen LogP contribution in [0.15, 0.2) is 66.9 Å². The van der Waals surface area contributed by atoms with Crippen LogP contribution >= 0.6 is 0 Å². The standard InChI is InChI=1S/C22H20N4O3/c23-22(28)25-11-10-17-12-18(13-24-20(17)14-25)21(27)26(29)19-8-6-16(7-9-19)15-4-2-1-3-5-15/h1-9,12-13,29H,10-11,14H2,(H2,23,28). The van der Waals surface area contributed by atoms with E-state index in [2.05, 4.69) is 4.98 Å². The first-order valence-electron chi connectivity index (χ1n) is 9.24. The van der Waals surface area contributed by atoms with Gasteiger partial charge < -0.3 is 10.6 Å². The van der Waals surface area contributed by atoms with Crippen molar-refractivity contribution in [2.24, 2.45) is 5.73 Å². The zero-order valence-electron chi connectivity index (χ0n) is 15.7. The number of benzene rings is 2. The molecule has 0 unspecified atom stereocenters. The van der Waals surface area contributed by atoms with Crippen LogP contribution in [0, 0.1) is 0 Å². The van der Waals surface area contributed by atoms with E-state index in [0.29, 0.717) is 36.0 Å². The highest BCUT2D eigenvalue weighted by molar-refractivity contribution is 6.04. The summed E-state index contributed by atoms with van der Waals surface area (Å²) in [6.45, 7) is 0.800. The van der Waals surface area contributed by atoms with Crippen molar-refractivity contribution < 1.29 is 14.8 Å². The molecule has 2 aromatic carbocycles. The van der Waals surface area contributed by atoms with Gasteiger partial charge in [-0.05, 0) is 41.3 Å². The number of nitrogens with two attached hydrogens (primary N) is 1. The lowest BCUT2D eigenvalue weighted by atomic mass is 10.0. The number of primary amides is 1. The summed E-state index contributed by atoms with van der Waals surface area (Å²) in [5, 5.41) is 11.0. The number of fused-ring (bicyclic) bond motifs is 1. The second kappa shape index (κ2) is 7.73. The van der Waals surface area contributed by atoms with Gasteiger partial charge in [-0.15, -0.1) is 0 Å². The fraction of sp³-hybridized carbons (Fsp3) is 0.136. The number of hydrogen-bond donors (Lipinski definition) is 2. The first-order valence-corrected chi connectivity index (χ1v) is 9.24. The summed E-state index contributed by atoms with van der Waals surface area (Å²) in [6, 6.07) is 18.2. The van der Waals surface area contributed by atoms with Crippen LogP contribution in [-0.4, -0.2) is 33.6 Å². The summed E-state index contributed by atoms with van der Waals surface area (Å²) in [5.41, 5.74) is 9.60. The van der Waals surface area contributed by atoms with Crippen molar-refractivity contribution in [1.29, 1.82) is 0 Å². The molecule has 0 saturated heterocycles. The SMILES string of the molecule is NC(=O)N1CCc2cc(C(=O)N(O)c3ccc(-c4ccccc4)cc3)cnc2C1. The molecule has 7 nitrogen and oxygen atoms in total. The molecule has 1 aliphatic heterocycles. The van der Waals surface area contributed by atoms with Gasteiger partial charge in [0.2, 0.25) is 0 Å². The fourth-order valence-corrected chi connectivity index (χ4v) is 3.38. The van der Waals surface area contributed by atoms with Gasteiger partial charge in [-0.1, -0.05) is 42.5 Å². The zero-order valence-corrected chi connectivity index (χ0v) is 15.7. The van der Waals surface area contributed by atoms with Gasteiger partial charge in [0.05, 0.1) is 23.5 Å². The van der Waals surface area contributed by atoms with Gasteiger partial charge in [0, 0.05) is 12.7 Å². The van der Waals surface area contributed by atoms with Crippen LogP contribution in [0.4, 0.5) is 10.5 Å². The van der Waals surface area contributed by atoms with E-state index < -0.39 is 11.9 Å². The quantitative estimate of drug-likeness (QED) is 0.531. The molecule has 0 saturated carbocycles. The van der Waals surface area contributed by atoms with Crippen molar-refractivity contribution in [2.75, 3.05) is 11.6 Å². The number of aromatic nitrogens is 1. The van der Waals surface area contributed by atoms with Crippen molar-refractivity contribution in [3.8, 4) is 11.1 Å². The van der Waals surface area contributed by atoms with E-state index in [1.165, 1.54) is 11.1 Å². The van der Waals surface area contributed by atoms with Gasteiger partial charge in [0.15, 0.2) is 0 Å². The Balaban J connectivity index is 1.52. The largest absolute Gasteiger partial charge is 0.351 e. The molecular weight excluding hydrogens is 368 g/mol. The molecule has 29 heavy (non-hydrogen) atoms. The Kier molecular flexibility index (Phi) is 4.97. The van der Waals surface area contributed by atoms with E-state index in [0.717, 1.165) is 16.7 Å². The first-order chi connectivity index (χ1) is 14.0. The summed E-state index contributed by atoms with van der Waals surface area (Å²) in [5.74, 6) is -0.565. The first kappa shape index (κ1) is 18.6. The number of hydroxylamine groups is 1. The molecule has 1 aliphatic rings. The van der Waals surface area contributed by atoms with E-state index >= 15 is 0 Å². The van der Waals surface area contributed by atoms with Gasteiger partial charge in [0.1, 0.15) is 0 Å². The third-order valence-corrected chi connectivity index (χ3v) is 5.02. The summed E-state index contributed by atoms with van der Waals surface area (Å²) in [4.78, 5) is 29.8. The van der Waals surface area contributed by atoms with Crippen molar-refractivity contribution >= 4 is 17.6 Å². The molecule has 3 aromatic rings. The smallest absolute Gasteiger partial charge is 0.315 e. The predicted molar refractivity (Wildman–Crippen MR) is 108 cm³/mol. The van der Waals surface area contributed by atoms with Crippen LogP contribution in [0.3, 0.4) is 0 Å². The average molecular weight is 388 g/mol. The van der Waals surface area contributed by atoms with Crippen LogP contribution < -0.4 is 10.8 Å². The lowest BCUT2D eigenvalue weighted by Crippen LogP contribution is -2.40. The molecule has 0 radical (unpaired) electrons. The number of pyridine rings is 1. The number of carbonyl (C=O) groups excluding carboxylic acids is 2. The molecule has 1 aromatic heterocycles. The highest BCUT2D eigenvalue weighted by Crippen LogP contribution is 2.24. The second-order valence-electron chi connectivity index (χ2n) is 6.87. The third kappa shape index (κ3) is 3.81. The highest BCUT2D eigenvalue weighted by Gasteiger charge is 2.23. The Morgan fingerprint density at radius 1 is 1.03 bits per heavy atom. The maximum absolute atomic E-state index is 12.7. The number of urea groups is 1. The second-order valence-corrected chi connectivity index (χ2v) is 6.87. The number of carbonyl (C=O) groups is 2. The lowest BCUT2D eigenvalue weighted by molar-refractivity contribution is 0.0854. The Hall–Kier alpha value is -3.71. The Morgan fingerprint density at radius 2 is 1.72 bits per heavy atom. The predicted octanol–water partition coefficient (Wildman–Crippen LogP) is 3.22. The minimum Gasteiger partial charge on any atom is -0.351 e. The lowest BCUT2D eigenvalue weighted by Gasteiger charge is -2.26. The topological polar surface area (TPSA) is 99.8 Å². The van der Waals surface area contributed by atoms with Gasteiger partial charge in [-0.25, -0.2) is 4.79 Å². The van der Waals surface area contributed by atoms with Crippen LogP contribution in [0.25, 0.3) is 11.1 Å². The summed E-state index contributed by atoms with van der Waals surface area (Å²) >= 11 is 0. The molecule has 4 rings (SSSR count). The van der Waals surface area contributed by atoms with Crippen molar-refractivity contribution in [1.82, 2.24) is 9.88 Å². The van der Waals surface area contributed by atoms with Crippen LogP contribution in [0.5, 0.6) is 0 Å². The third-order valence-electron chi connectivity index (χ3n) is 5.02. The molecule has 0 fully saturated rings. The van der Waals surface area contributed by atoms with Gasteiger partial charge >= 0.3 is 6.03 Å². The number of hydrogen-bond acceptors (Lipinski definition) is 4. The van der Waals surface area contributed by atoms with E-state index in [1.54, 1.807) is 18.2 Å². The zero-order chi connectivity index (χ0) is 20.4. The Morgan fingerprint density at radius 3 is 2.41 bits per heavy atom. The fourth-order valence-electron chi connectivity index (χ4n) is 3.38. The van der Waals surface area contributed by atoms with Crippen molar-refractivity contribution in [3.63, 3.8) is 0 Å². The summed E-state index contributed by atoms with van der Waals surface area (Å²) in [7, 11) is 0. The van der Waals surface area contributed by atoms with Crippen LogP contribution in [0.1, 0.15) is 21.6 Å². The van der Waals surface area contributed by atoms with Gasteiger partial charge in [0.25, 0.3) is 5.91 Å². The summed E-state index contributed by atoms with van der Waals surface area (Å²) < 4.78 is 0. The Bertz CT molecular complexity index is 1050. The molecule has 7 heteroatoms. The molecule has 0 aliphatic carbocycles. The monoisotopic (exact) mass is 388 g/mol. The average Bonchev–Trinajstić information content (AvgIpc) is 2.78. The van der Waals surface area contributed by atoms with E-state index in [1.807, 2.05) is 42.5 Å². The molecule has 0 atom stereocenters.